The zero-order chi connectivity index (χ0) is 10.9. The molecule has 0 amide bonds. The second-order valence-electron chi connectivity index (χ2n) is 3.48. The quantitative estimate of drug-likeness (QED) is 0.820. The van der Waals surface area contributed by atoms with E-state index in [4.69, 9.17) is 0 Å². The predicted molar refractivity (Wildman–Crippen MR) is 48.7 cm³/mol. The third kappa shape index (κ3) is 2.62. The van der Waals surface area contributed by atoms with Crippen LogP contribution in [0.3, 0.4) is 0 Å². The summed E-state index contributed by atoms with van der Waals surface area (Å²) in [6.45, 7) is 1.63. The smallest absolute Gasteiger partial charge is 0.406 e. The minimum atomic E-state index is -4.61. The highest BCUT2D eigenvalue weighted by Crippen LogP contribution is 2.27. The van der Waals surface area contributed by atoms with Crippen molar-refractivity contribution >= 4 is 0 Å². The molecule has 5 heteroatoms. The Morgan fingerprint density at radius 1 is 1.27 bits per heavy atom. The lowest BCUT2D eigenvalue weighted by molar-refractivity contribution is -0.274. The number of hydrogen-bond donors (Lipinski definition) is 1. The van der Waals surface area contributed by atoms with E-state index >= 15 is 0 Å². The lowest BCUT2D eigenvalue weighted by Crippen LogP contribution is -2.39. The van der Waals surface area contributed by atoms with Gasteiger partial charge in [-0.3, -0.25) is 0 Å². The molecule has 1 aliphatic rings. The van der Waals surface area contributed by atoms with Gasteiger partial charge in [-0.15, -0.1) is 13.2 Å². The van der Waals surface area contributed by atoms with E-state index in [0.717, 1.165) is 18.7 Å². The number of halogens is 3. The summed E-state index contributed by atoms with van der Waals surface area (Å²) in [6.07, 6.45) is -4.61. The summed E-state index contributed by atoms with van der Waals surface area (Å²) in [6, 6.07) is 6.14. The summed E-state index contributed by atoms with van der Waals surface area (Å²) < 4.78 is 39.6. The largest absolute Gasteiger partial charge is 0.573 e. The van der Waals surface area contributed by atoms with Crippen LogP contribution in [0, 0.1) is 0 Å². The molecule has 1 aromatic rings. The molecule has 1 aliphatic heterocycles. The fourth-order valence-corrected chi connectivity index (χ4v) is 1.49. The summed E-state index contributed by atoms with van der Waals surface area (Å²) >= 11 is 0. The first-order valence-electron chi connectivity index (χ1n) is 4.61. The number of benzene rings is 1. The summed E-state index contributed by atoms with van der Waals surface area (Å²) in [5, 5.41) is 3.06. The van der Waals surface area contributed by atoms with Gasteiger partial charge in [-0.25, -0.2) is 0 Å². The summed E-state index contributed by atoms with van der Waals surface area (Å²) in [5.74, 6) is 0.161. The second-order valence-corrected chi connectivity index (χ2v) is 3.48. The molecule has 1 heterocycles. The first kappa shape index (κ1) is 10.3. The molecule has 1 aromatic carbocycles. The van der Waals surface area contributed by atoms with E-state index < -0.39 is 6.36 Å². The van der Waals surface area contributed by atoms with Crippen molar-refractivity contribution in [2.45, 2.75) is 12.3 Å². The van der Waals surface area contributed by atoms with E-state index in [-0.39, 0.29) is 5.75 Å². The van der Waals surface area contributed by atoms with Crippen molar-refractivity contribution in [3.05, 3.63) is 29.8 Å². The first-order chi connectivity index (χ1) is 7.04. The van der Waals surface area contributed by atoms with Crippen LogP contribution in [-0.2, 0) is 0 Å². The number of alkyl halides is 3. The Balaban J connectivity index is 2.11. The molecule has 1 fully saturated rings. The van der Waals surface area contributed by atoms with Gasteiger partial charge in [0.2, 0.25) is 0 Å². The number of hydrogen-bond acceptors (Lipinski definition) is 2. The summed E-state index contributed by atoms with van der Waals surface area (Å²) in [5.41, 5.74) is 0.885. The van der Waals surface area contributed by atoms with E-state index in [1.165, 1.54) is 12.1 Å². The van der Waals surface area contributed by atoms with Crippen LogP contribution >= 0.6 is 0 Å². The van der Waals surface area contributed by atoms with Crippen LogP contribution in [0.2, 0.25) is 0 Å². The molecular weight excluding hydrogens is 207 g/mol. The third-order valence-electron chi connectivity index (χ3n) is 2.34. The predicted octanol–water partition coefficient (Wildman–Crippen LogP) is 2.27. The maximum absolute atomic E-state index is 11.9. The molecular formula is C10H10F3NO. The fourth-order valence-electron chi connectivity index (χ4n) is 1.49. The van der Waals surface area contributed by atoms with E-state index in [0.29, 0.717) is 5.92 Å². The van der Waals surface area contributed by atoms with Gasteiger partial charge in [-0.2, -0.15) is 0 Å². The molecule has 0 aromatic heterocycles. The zero-order valence-electron chi connectivity index (χ0n) is 7.84. The van der Waals surface area contributed by atoms with E-state index in [1.807, 2.05) is 6.07 Å². The molecule has 1 N–H and O–H groups in total. The monoisotopic (exact) mass is 217 g/mol. The summed E-state index contributed by atoms with van der Waals surface area (Å²) in [4.78, 5) is 0. The van der Waals surface area contributed by atoms with Crippen molar-refractivity contribution in [3.63, 3.8) is 0 Å². The van der Waals surface area contributed by atoms with E-state index in [2.05, 4.69) is 10.1 Å². The maximum Gasteiger partial charge on any atom is 0.573 e. The minimum absolute atomic E-state index is 0.146. The van der Waals surface area contributed by atoms with Crippen LogP contribution in [-0.4, -0.2) is 19.5 Å². The van der Waals surface area contributed by atoms with Gasteiger partial charge in [0.1, 0.15) is 5.75 Å². The number of nitrogens with one attached hydrogen (secondary N) is 1. The molecule has 15 heavy (non-hydrogen) atoms. The Labute approximate surface area is 85.0 Å². The molecule has 82 valence electrons. The average molecular weight is 217 g/mol. The van der Waals surface area contributed by atoms with E-state index in [9.17, 15) is 13.2 Å². The Hall–Kier alpha value is -1.23. The van der Waals surface area contributed by atoms with Crippen molar-refractivity contribution in [2.75, 3.05) is 13.1 Å². The molecule has 0 atom stereocenters. The first-order valence-corrected chi connectivity index (χ1v) is 4.61. The fraction of sp³-hybridized carbons (Fsp3) is 0.400. The van der Waals surface area contributed by atoms with Crippen LogP contribution in [0.4, 0.5) is 13.2 Å². The minimum Gasteiger partial charge on any atom is -0.406 e. The van der Waals surface area contributed by atoms with Gasteiger partial charge in [0, 0.05) is 19.0 Å². The molecule has 2 nitrogen and oxygen atoms in total. The number of ether oxygens (including phenoxy) is 1. The van der Waals surface area contributed by atoms with Gasteiger partial charge < -0.3 is 10.1 Å². The maximum atomic E-state index is 11.9. The zero-order valence-corrected chi connectivity index (χ0v) is 7.84. The van der Waals surface area contributed by atoms with Crippen LogP contribution in [0.5, 0.6) is 5.75 Å². The molecule has 0 aliphatic carbocycles. The topological polar surface area (TPSA) is 21.3 Å². The van der Waals surface area contributed by atoms with Crippen molar-refractivity contribution in [3.8, 4) is 5.75 Å². The molecule has 2 rings (SSSR count). The molecule has 0 bridgehead atoms. The van der Waals surface area contributed by atoms with Gasteiger partial charge in [-0.1, -0.05) is 12.1 Å². The summed E-state index contributed by atoms with van der Waals surface area (Å²) in [7, 11) is 0. The SMILES string of the molecule is FC(F)(F)Oc1cccc(C2CNC2)c1. The van der Waals surface area contributed by atoms with Crippen molar-refractivity contribution in [1.82, 2.24) is 5.32 Å². The van der Waals surface area contributed by atoms with Gasteiger partial charge >= 0.3 is 6.36 Å². The highest BCUT2D eigenvalue weighted by atomic mass is 19.4. The van der Waals surface area contributed by atoms with Gasteiger partial charge in [0.25, 0.3) is 0 Å². The Morgan fingerprint density at radius 3 is 2.53 bits per heavy atom. The molecule has 0 spiro atoms. The Morgan fingerprint density at radius 2 is 2.00 bits per heavy atom. The van der Waals surface area contributed by atoms with E-state index in [1.54, 1.807) is 6.07 Å². The van der Waals surface area contributed by atoms with Crippen LogP contribution in [0.1, 0.15) is 11.5 Å². The highest BCUT2D eigenvalue weighted by molar-refractivity contribution is 5.32. The lowest BCUT2D eigenvalue weighted by atomic mass is 9.94. The normalized spacial score (nSPS) is 17.3. The van der Waals surface area contributed by atoms with Crippen LogP contribution in [0.15, 0.2) is 24.3 Å². The third-order valence-corrected chi connectivity index (χ3v) is 2.34. The molecule has 1 saturated heterocycles. The van der Waals surface area contributed by atoms with Crippen LogP contribution in [0.25, 0.3) is 0 Å². The molecule has 0 unspecified atom stereocenters. The van der Waals surface area contributed by atoms with Gasteiger partial charge in [0.05, 0.1) is 0 Å². The van der Waals surface area contributed by atoms with Crippen molar-refractivity contribution < 1.29 is 17.9 Å². The average Bonchev–Trinajstić information content (AvgIpc) is 1.97. The molecule has 0 saturated carbocycles. The van der Waals surface area contributed by atoms with Crippen molar-refractivity contribution in [2.24, 2.45) is 0 Å². The Bertz CT molecular complexity index is 347. The van der Waals surface area contributed by atoms with Gasteiger partial charge in [0.15, 0.2) is 0 Å². The standard InChI is InChI=1S/C10H10F3NO/c11-10(12,13)15-9-3-1-2-7(4-9)8-5-14-6-8/h1-4,8,14H,5-6H2. The highest BCUT2D eigenvalue weighted by Gasteiger charge is 2.31. The molecule has 0 radical (unpaired) electrons. The second kappa shape index (κ2) is 3.73. The Kier molecular flexibility index (Phi) is 2.56. The van der Waals surface area contributed by atoms with Gasteiger partial charge in [-0.05, 0) is 17.7 Å². The van der Waals surface area contributed by atoms with Crippen molar-refractivity contribution in [1.29, 1.82) is 0 Å². The number of rotatable bonds is 2. The lowest BCUT2D eigenvalue weighted by Gasteiger charge is -2.27. The van der Waals surface area contributed by atoms with Crippen LogP contribution < -0.4 is 10.1 Å².